The number of alkyl halides is 2. The summed E-state index contributed by atoms with van der Waals surface area (Å²) in [5.74, 6) is -3.50. The molecule has 0 unspecified atom stereocenters. The van der Waals surface area contributed by atoms with Gasteiger partial charge >= 0.3 is 5.76 Å². The zero-order valence-corrected chi connectivity index (χ0v) is 23.7. The van der Waals surface area contributed by atoms with Crippen LogP contribution in [0.2, 0.25) is 5.02 Å². The molecule has 0 bridgehead atoms. The minimum absolute atomic E-state index is 0.0226. The molecule has 1 saturated heterocycles. The van der Waals surface area contributed by atoms with Crippen LogP contribution in [0.4, 0.5) is 14.6 Å². The number of carbonyl (C=O) groups excluding carboxylic acids is 1. The molecule has 1 aromatic carbocycles. The Balaban J connectivity index is 1.34. The SMILES string of the molecule is C[C@@H]1CN(c2cccc(-c3ccc4cnc(CNC(=O)c5cc(Cl)cc(S(=O)(=O)C(F)F)c5)cc4n3)n2)C[C@H](C)O1. The highest BCUT2D eigenvalue weighted by Crippen LogP contribution is 2.26. The molecule has 41 heavy (non-hydrogen) atoms. The third-order valence-corrected chi connectivity index (χ3v) is 8.08. The number of benzene rings is 1. The first-order valence-corrected chi connectivity index (χ1v) is 14.7. The van der Waals surface area contributed by atoms with Crippen LogP contribution in [0.5, 0.6) is 0 Å². The molecule has 13 heteroatoms. The molecule has 0 aliphatic carbocycles. The Labute approximate surface area is 240 Å². The second kappa shape index (κ2) is 11.6. The molecule has 214 valence electrons. The van der Waals surface area contributed by atoms with Crippen molar-refractivity contribution in [3.8, 4) is 11.4 Å². The molecule has 1 amide bonds. The Bertz CT molecular complexity index is 1710. The Hall–Kier alpha value is -3.74. The summed E-state index contributed by atoms with van der Waals surface area (Å²) in [5, 5.41) is 3.24. The van der Waals surface area contributed by atoms with E-state index in [0.29, 0.717) is 22.6 Å². The van der Waals surface area contributed by atoms with Gasteiger partial charge in [0.15, 0.2) is 0 Å². The highest BCUT2D eigenvalue weighted by molar-refractivity contribution is 7.91. The lowest BCUT2D eigenvalue weighted by atomic mass is 10.1. The van der Waals surface area contributed by atoms with Gasteiger partial charge in [-0.15, -0.1) is 0 Å². The van der Waals surface area contributed by atoms with Crippen molar-refractivity contribution in [2.24, 2.45) is 0 Å². The number of halogens is 3. The number of rotatable bonds is 7. The van der Waals surface area contributed by atoms with Crippen LogP contribution >= 0.6 is 11.6 Å². The Morgan fingerprint density at radius 1 is 1.07 bits per heavy atom. The van der Waals surface area contributed by atoms with Crippen LogP contribution < -0.4 is 10.2 Å². The standard InChI is InChI=1S/C28H26ClF2N5O4S/c1-16-14-36(15-17(2)40-16)26-5-3-4-23(35-26)24-7-6-18-12-32-21(11-25(18)34-24)13-33-27(37)19-8-20(29)10-22(9-19)41(38,39)28(30)31/h3-12,16-17,28H,13-15H2,1-2H3,(H,33,37)/t16-,17+. The Kier molecular flexibility index (Phi) is 8.16. The second-order valence-corrected chi connectivity index (χ2v) is 12.1. The van der Waals surface area contributed by atoms with E-state index < -0.39 is 26.4 Å². The number of sulfone groups is 1. The number of hydrogen-bond donors (Lipinski definition) is 1. The number of pyridine rings is 3. The fourth-order valence-electron chi connectivity index (χ4n) is 4.64. The lowest BCUT2D eigenvalue weighted by Crippen LogP contribution is -2.45. The van der Waals surface area contributed by atoms with Crippen molar-refractivity contribution in [2.45, 2.75) is 43.3 Å². The second-order valence-electron chi connectivity index (χ2n) is 9.77. The average Bonchev–Trinajstić information content (AvgIpc) is 2.94. The number of fused-ring (bicyclic) bond motifs is 1. The van der Waals surface area contributed by atoms with E-state index in [1.165, 1.54) is 6.07 Å². The van der Waals surface area contributed by atoms with Gasteiger partial charge in [0.05, 0.1) is 46.2 Å². The quantitative estimate of drug-likeness (QED) is 0.319. The van der Waals surface area contributed by atoms with Crippen molar-refractivity contribution in [1.82, 2.24) is 20.3 Å². The zero-order chi connectivity index (χ0) is 29.3. The van der Waals surface area contributed by atoms with Crippen LogP contribution in [-0.2, 0) is 21.1 Å². The topological polar surface area (TPSA) is 114 Å². The Morgan fingerprint density at radius 2 is 1.80 bits per heavy atom. The van der Waals surface area contributed by atoms with Crippen LogP contribution in [0, 0.1) is 0 Å². The van der Waals surface area contributed by atoms with Crippen molar-refractivity contribution >= 4 is 44.1 Å². The van der Waals surface area contributed by atoms with Gasteiger partial charge in [0.1, 0.15) is 5.82 Å². The maximum Gasteiger partial charge on any atom is 0.341 e. The van der Waals surface area contributed by atoms with E-state index in [1.54, 1.807) is 12.3 Å². The largest absolute Gasteiger partial charge is 0.372 e. The Morgan fingerprint density at radius 3 is 2.54 bits per heavy atom. The first kappa shape index (κ1) is 28.8. The lowest BCUT2D eigenvalue weighted by Gasteiger charge is -2.36. The summed E-state index contributed by atoms with van der Waals surface area (Å²) in [6.45, 7) is 5.53. The van der Waals surface area contributed by atoms with E-state index in [4.69, 9.17) is 26.3 Å². The molecular formula is C28H26ClF2N5O4S. The van der Waals surface area contributed by atoms with Crippen LogP contribution in [-0.4, -0.2) is 60.3 Å². The van der Waals surface area contributed by atoms with E-state index >= 15 is 0 Å². The lowest BCUT2D eigenvalue weighted by molar-refractivity contribution is -0.00545. The van der Waals surface area contributed by atoms with Gasteiger partial charge in [-0.1, -0.05) is 17.7 Å². The zero-order valence-electron chi connectivity index (χ0n) is 22.1. The van der Waals surface area contributed by atoms with Crippen molar-refractivity contribution in [2.75, 3.05) is 18.0 Å². The predicted molar refractivity (Wildman–Crippen MR) is 151 cm³/mol. The first-order valence-electron chi connectivity index (χ1n) is 12.7. The van der Waals surface area contributed by atoms with Gasteiger partial charge in [0.2, 0.25) is 9.84 Å². The van der Waals surface area contributed by atoms with Gasteiger partial charge in [-0.3, -0.25) is 9.78 Å². The smallest absolute Gasteiger partial charge is 0.341 e. The number of nitrogens with one attached hydrogen (secondary N) is 1. The molecular weight excluding hydrogens is 576 g/mol. The molecule has 4 heterocycles. The van der Waals surface area contributed by atoms with Gasteiger partial charge in [0.25, 0.3) is 5.91 Å². The average molecular weight is 602 g/mol. The molecule has 4 aromatic rings. The van der Waals surface area contributed by atoms with E-state index in [1.807, 2.05) is 44.2 Å². The first-order chi connectivity index (χ1) is 19.5. The van der Waals surface area contributed by atoms with E-state index in [2.05, 4.69) is 15.2 Å². The van der Waals surface area contributed by atoms with Gasteiger partial charge in [-0.25, -0.2) is 18.4 Å². The molecule has 3 aromatic heterocycles. The van der Waals surface area contributed by atoms with Gasteiger partial charge in [-0.05, 0) is 62.4 Å². The summed E-state index contributed by atoms with van der Waals surface area (Å²) in [7, 11) is -4.92. The summed E-state index contributed by atoms with van der Waals surface area (Å²) < 4.78 is 55.5. The maximum atomic E-state index is 13.0. The summed E-state index contributed by atoms with van der Waals surface area (Å²) in [4.78, 5) is 28.1. The third-order valence-electron chi connectivity index (χ3n) is 6.50. The normalized spacial score (nSPS) is 17.7. The highest BCUT2D eigenvalue weighted by Gasteiger charge is 2.28. The van der Waals surface area contributed by atoms with Crippen molar-refractivity contribution in [3.05, 3.63) is 77.1 Å². The third kappa shape index (κ3) is 6.45. The number of amides is 1. The number of morpholine rings is 1. The maximum absolute atomic E-state index is 13.0. The predicted octanol–water partition coefficient (Wildman–Crippen LogP) is 4.89. The van der Waals surface area contributed by atoms with E-state index in [9.17, 15) is 22.0 Å². The summed E-state index contributed by atoms with van der Waals surface area (Å²) in [5.41, 5.74) is 2.32. The van der Waals surface area contributed by atoms with Crippen LogP contribution in [0.25, 0.3) is 22.3 Å². The van der Waals surface area contributed by atoms with Crippen molar-refractivity contribution in [3.63, 3.8) is 0 Å². The van der Waals surface area contributed by atoms with E-state index in [0.717, 1.165) is 36.4 Å². The van der Waals surface area contributed by atoms with Crippen LogP contribution in [0.15, 0.2) is 65.7 Å². The van der Waals surface area contributed by atoms with E-state index in [-0.39, 0.29) is 29.3 Å². The van der Waals surface area contributed by atoms with Crippen molar-refractivity contribution < 1.29 is 26.7 Å². The number of ether oxygens (including phenoxy) is 1. The van der Waals surface area contributed by atoms with Gasteiger partial charge in [-0.2, -0.15) is 8.78 Å². The van der Waals surface area contributed by atoms with Gasteiger partial charge < -0.3 is 15.0 Å². The van der Waals surface area contributed by atoms with Gasteiger partial charge in [0, 0.05) is 35.3 Å². The van der Waals surface area contributed by atoms with Crippen molar-refractivity contribution in [1.29, 1.82) is 0 Å². The molecule has 0 spiro atoms. The molecule has 1 aliphatic rings. The molecule has 0 radical (unpaired) electrons. The minimum atomic E-state index is -4.92. The molecule has 1 aliphatic heterocycles. The minimum Gasteiger partial charge on any atom is -0.372 e. The number of carbonyl (C=O) groups is 1. The monoisotopic (exact) mass is 601 g/mol. The molecule has 2 atom stereocenters. The summed E-state index contributed by atoms with van der Waals surface area (Å²) in [6, 6.07) is 14.2. The molecule has 5 rings (SSSR count). The fraction of sp³-hybridized carbons (Fsp3) is 0.286. The highest BCUT2D eigenvalue weighted by atomic mass is 35.5. The summed E-state index contributed by atoms with van der Waals surface area (Å²) in [6.07, 6.45) is 1.82. The fourth-order valence-corrected chi connectivity index (χ4v) is 5.73. The molecule has 1 fully saturated rings. The molecule has 9 nitrogen and oxygen atoms in total. The molecule has 1 N–H and O–H groups in total. The molecule has 0 saturated carbocycles. The number of nitrogens with zero attached hydrogens (tertiary/aromatic N) is 4. The number of anilines is 1. The number of hydrogen-bond acceptors (Lipinski definition) is 8. The summed E-state index contributed by atoms with van der Waals surface area (Å²) >= 11 is 5.90. The van der Waals surface area contributed by atoms with Crippen LogP contribution in [0.3, 0.4) is 0 Å². The van der Waals surface area contributed by atoms with Crippen LogP contribution in [0.1, 0.15) is 29.9 Å². The number of aromatic nitrogens is 3.